The van der Waals surface area contributed by atoms with E-state index in [0.29, 0.717) is 5.56 Å². The van der Waals surface area contributed by atoms with Crippen molar-refractivity contribution in [1.29, 1.82) is 0 Å². The Morgan fingerprint density at radius 1 is 1.36 bits per heavy atom. The van der Waals surface area contributed by atoms with Crippen LogP contribution >= 0.6 is 0 Å². The summed E-state index contributed by atoms with van der Waals surface area (Å²) in [6.07, 6.45) is 0. The van der Waals surface area contributed by atoms with Crippen molar-refractivity contribution in [3.8, 4) is 0 Å². The largest absolute Gasteiger partial charge is 0.338 e. The molecule has 1 aliphatic heterocycles. The van der Waals surface area contributed by atoms with Crippen molar-refractivity contribution in [2.45, 2.75) is 13.5 Å². The van der Waals surface area contributed by atoms with Gasteiger partial charge in [-0.05, 0) is 24.6 Å². The van der Waals surface area contributed by atoms with Crippen molar-refractivity contribution < 1.29 is 23.6 Å². The van der Waals surface area contributed by atoms with Gasteiger partial charge in [0, 0.05) is 13.6 Å². The molecule has 0 radical (unpaired) electrons. The molecule has 2 rings (SSSR count). The fourth-order valence-electron chi connectivity index (χ4n) is 2.24. The van der Waals surface area contributed by atoms with E-state index in [2.05, 4.69) is 0 Å². The Balaban J connectivity index is 2.13. The highest BCUT2D eigenvalue weighted by molar-refractivity contribution is 6.42. The predicted molar refractivity (Wildman–Crippen MR) is 74.7 cm³/mol. The van der Waals surface area contributed by atoms with Crippen molar-refractivity contribution in [2.24, 2.45) is 5.92 Å². The average molecular weight is 308 g/mol. The van der Waals surface area contributed by atoms with E-state index in [9.17, 15) is 18.8 Å². The zero-order valence-corrected chi connectivity index (χ0v) is 12.4. The monoisotopic (exact) mass is 308 g/mol. The van der Waals surface area contributed by atoms with Crippen LogP contribution in [0, 0.1) is 11.7 Å². The summed E-state index contributed by atoms with van der Waals surface area (Å²) in [5.41, 5.74) is 0.660. The van der Waals surface area contributed by atoms with Gasteiger partial charge in [-0.3, -0.25) is 19.2 Å². The average Bonchev–Trinajstić information content (AvgIpc) is 2.76. The number of hydroxylamine groups is 2. The Morgan fingerprint density at radius 3 is 2.50 bits per heavy atom. The Hall–Kier alpha value is -2.28. The maximum Gasteiger partial charge on any atom is 0.290 e. The lowest BCUT2D eigenvalue weighted by Crippen LogP contribution is -2.39. The maximum absolute atomic E-state index is 12.9. The predicted octanol–water partition coefficient (Wildman–Crippen LogP) is 0.763. The van der Waals surface area contributed by atoms with Gasteiger partial charge in [-0.15, -0.1) is 0 Å². The van der Waals surface area contributed by atoms with E-state index in [1.54, 1.807) is 6.92 Å². The first-order valence-electron chi connectivity index (χ1n) is 6.92. The third kappa shape index (κ3) is 3.30. The Morgan fingerprint density at radius 2 is 2.00 bits per heavy atom. The smallest absolute Gasteiger partial charge is 0.290 e. The molecule has 1 fully saturated rings. The maximum atomic E-state index is 12.9. The Bertz CT molecular complexity index is 588. The minimum absolute atomic E-state index is 0.0451. The molecule has 1 unspecified atom stereocenters. The number of halogens is 1. The highest BCUT2D eigenvalue weighted by Gasteiger charge is 2.43. The summed E-state index contributed by atoms with van der Waals surface area (Å²) < 4.78 is 12.9. The summed E-state index contributed by atoms with van der Waals surface area (Å²) in [5.74, 6) is -3.39. The van der Waals surface area contributed by atoms with E-state index < -0.39 is 23.5 Å². The van der Waals surface area contributed by atoms with Crippen LogP contribution in [0.25, 0.3) is 0 Å². The highest BCUT2D eigenvalue weighted by atomic mass is 19.1. The van der Waals surface area contributed by atoms with Crippen molar-refractivity contribution in [1.82, 2.24) is 9.96 Å². The molecule has 0 saturated carbocycles. The van der Waals surface area contributed by atoms with Gasteiger partial charge in [-0.2, -0.15) is 0 Å². The van der Waals surface area contributed by atoms with Crippen LogP contribution in [0.1, 0.15) is 12.5 Å². The number of likely N-dealkylation sites (tertiary alicyclic amines) is 1. The first-order chi connectivity index (χ1) is 10.4. The fraction of sp³-hybridized carbons (Fsp3) is 0.400. The van der Waals surface area contributed by atoms with Crippen LogP contribution in [0.4, 0.5) is 4.39 Å². The number of nitrogens with zero attached hydrogens (tertiary/aromatic N) is 2. The number of carbonyl (C=O) groups is 3. The van der Waals surface area contributed by atoms with Gasteiger partial charge in [0.15, 0.2) is 0 Å². The van der Waals surface area contributed by atoms with Gasteiger partial charge in [0.05, 0.1) is 13.2 Å². The molecule has 1 aliphatic rings. The molecule has 1 heterocycles. The summed E-state index contributed by atoms with van der Waals surface area (Å²) in [5, 5.41) is 1.06. The number of carbonyl (C=O) groups excluding carboxylic acids is 3. The van der Waals surface area contributed by atoms with Gasteiger partial charge in [-0.1, -0.05) is 12.1 Å². The van der Waals surface area contributed by atoms with Gasteiger partial charge >= 0.3 is 0 Å². The lowest BCUT2D eigenvalue weighted by atomic mass is 10.1. The Labute approximate surface area is 127 Å². The summed E-state index contributed by atoms with van der Waals surface area (Å²) in [6.45, 7) is 2.06. The molecular formula is C15H17FN2O4. The summed E-state index contributed by atoms with van der Waals surface area (Å²) in [7, 11) is 1.47. The zero-order chi connectivity index (χ0) is 16.3. The molecular weight excluding hydrogens is 291 g/mol. The van der Waals surface area contributed by atoms with Gasteiger partial charge in [0.25, 0.3) is 11.8 Å². The molecule has 0 bridgehead atoms. The third-order valence-corrected chi connectivity index (χ3v) is 3.40. The molecule has 0 N–H and O–H groups in total. The molecule has 118 valence electrons. The van der Waals surface area contributed by atoms with Crippen molar-refractivity contribution in [2.75, 3.05) is 20.2 Å². The molecule has 2 amide bonds. The van der Waals surface area contributed by atoms with Crippen LogP contribution in [0.5, 0.6) is 0 Å². The molecule has 1 atom stereocenters. The normalized spacial score (nSPS) is 18.0. The number of rotatable bonds is 5. The fourth-order valence-corrected chi connectivity index (χ4v) is 2.24. The van der Waals surface area contributed by atoms with Crippen molar-refractivity contribution in [3.05, 3.63) is 35.6 Å². The van der Waals surface area contributed by atoms with E-state index in [-0.39, 0.29) is 25.5 Å². The molecule has 1 aromatic rings. The van der Waals surface area contributed by atoms with E-state index in [0.717, 1.165) is 5.06 Å². The standard InChI is InChI=1S/C15H17FN2O4/c1-3-22-18(8-10-4-6-11(16)7-5-10)14(20)12-9-17(2)15(21)13(12)19/h4-7,12H,3,8-9H2,1-2H3. The van der Waals surface area contributed by atoms with E-state index in [1.807, 2.05) is 0 Å². The number of Topliss-reactive ketones (excluding diaryl/α,β-unsaturated/α-hetero) is 1. The first-order valence-corrected chi connectivity index (χ1v) is 6.92. The van der Waals surface area contributed by atoms with Gasteiger partial charge in [-0.25, -0.2) is 9.45 Å². The quantitative estimate of drug-likeness (QED) is 0.458. The number of likely N-dealkylation sites (N-methyl/N-ethyl adjacent to an activating group) is 1. The van der Waals surface area contributed by atoms with Crippen molar-refractivity contribution in [3.63, 3.8) is 0 Å². The second-order valence-electron chi connectivity index (χ2n) is 5.02. The third-order valence-electron chi connectivity index (χ3n) is 3.40. The number of hydrogen-bond donors (Lipinski definition) is 0. The van der Waals surface area contributed by atoms with Crippen LogP contribution in [0.2, 0.25) is 0 Å². The number of hydrogen-bond acceptors (Lipinski definition) is 4. The van der Waals surface area contributed by atoms with Crippen molar-refractivity contribution >= 4 is 17.6 Å². The van der Waals surface area contributed by atoms with Gasteiger partial charge in [0.2, 0.25) is 5.78 Å². The zero-order valence-electron chi connectivity index (χ0n) is 12.4. The van der Waals surface area contributed by atoms with Crippen LogP contribution < -0.4 is 0 Å². The molecule has 0 spiro atoms. The SMILES string of the molecule is CCON(Cc1ccc(F)cc1)C(=O)C1CN(C)C(=O)C1=O. The van der Waals surface area contributed by atoms with Crippen LogP contribution in [-0.2, 0) is 25.8 Å². The van der Waals surface area contributed by atoms with Crippen LogP contribution in [0.15, 0.2) is 24.3 Å². The van der Waals surface area contributed by atoms with Gasteiger partial charge < -0.3 is 4.90 Å². The van der Waals surface area contributed by atoms with E-state index in [1.165, 1.54) is 36.2 Å². The second-order valence-corrected chi connectivity index (χ2v) is 5.02. The minimum Gasteiger partial charge on any atom is -0.338 e. The molecule has 0 aliphatic carbocycles. The molecule has 22 heavy (non-hydrogen) atoms. The minimum atomic E-state index is -1.05. The topological polar surface area (TPSA) is 66.9 Å². The molecule has 6 nitrogen and oxygen atoms in total. The highest BCUT2D eigenvalue weighted by Crippen LogP contribution is 2.18. The first kappa shape index (κ1) is 16.1. The van der Waals surface area contributed by atoms with Gasteiger partial charge in [0.1, 0.15) is 11.7 Å². The van der Waals surface area contributed by atoms with E-state index >= 15 is 0 Å². The number of amides is 2. The lowest BCUT2D eigenvalue weighted by molar-refractivity contribution is -0.192. The van der Waals surface area contributed by atoms with E-state index in [4.69, 9.17) is 4.84 Å². The summed E-state index contributed by atoms with van der Waals surface area (Å²) >= 11 is 0. The van der Waals surface area contributed by atoms with Crippen LogP contribution in [-0.4, -0.2) is 47.8 Å². The molecule has 7 heteroatoms. The molecule has 1 saturated heterocycles. The molecule has 0 aromatic heterocycles. The van der Waals surface area contributed by atoms with Crippen LogP contribution in [0.3, 0.4) is 0 Å². The summed E-state index contributed by atoms with van der Waals surface area (Å²) in [6, 6.07) is 5.62. The second kappa shape index (κ2) is 6.65. The lowest BCUT2D eigenvalue weighted by Gasteiger charge is -2.23. The summed E-state index contributed by atoms with van der Waals surface area (Å²) in [4.78, 5) is 42.3. The molecule has 1 aromatic carbocycles. The number of benzene rings is 1. The Kier molecular flexibility index (Phi) is 4.87. The number of ketones is 1.